The maximum atomic E-state index is 13.7. The van der Waals surface area contributed by atoms with E-state index in [-0.39, 0.29) is 22.8 Å². The topological polar surface area (TPSA) is 42.0 Å². The summed E-state index contributed by atoms with van der Waals surface area (Å²) in [7, 11) is 0. The lowest BCUT2D eigenvalue weighted by Gasteiger charge is -2.05. The first-order chi connectivity index (χ1) is 11.5. The first-order valence-electron chi connectivity index (χ1n) is 6.98. The Morgan fingerprint density at radius 3 is 2.62 bits per heavy atom. The lowest BCUT2D eigenvalue weighted by Crippen LogP contribution is -2.15. The Hall–Kier alpha value is -2.31. The van der Waals surface area contributed by atoms with Crippen LogP contribution in [0.5, 0.6) is 0 Å². The van der Waals surface area contributed by atoms with Crippen molar-refractivity contribution in [1.29, 1.82) is 0 Å². The summed E-state index contributed by atoms with van der Waals surface area (Å²) in [5.41, 5.74) is 0.909. The molecule has 0 bridgehead atoms. The van der Waals surface area contributed by atoms with Gasteiger partial charge in [0.1, 0.15) is 11.6 Å². The van der Waals surface area contributed by atoms with Crippen LogP contribution in [0.3, 0.4) is 0 Å². The van der Waals surface area contributed by atoms with Crippen molar-refractivity contribution in [2.24, 2.45) is 0 Å². The Morgan fingerprint density at radius 2 is 1.88 bits per heavy atom. The van der Waals surface area contributed by atoms with Crippen molar-refractivity contribution in [3.8, 4) is 11.3 Å². The predicted molar refractivity (Wildman–Crippen MR) is 91.3 cm³/mol. The zero-order valence-corrected chi connectivity index (χ0v) is 13.8. The fourth-order valence-electron chi connectivity index (χ4n) is 2.15. The summed E-state index contributed by atoms with van der Waals surface area (Å²) in [6.45, 7) is 0. The molecule has 0 aliphatic carbocycles. The number of nitrogens with zero attached hydrogens (tertiary/aromatic N) is 1. The normalized spacial score (nSPS) is 10.6. The molecule has 2 aromatic carbocycles. The lowest BCUT2D eigenvalue weighted by molar-refractivity contribution is -0.115. The van der Waals surface area contributed by atoms with E-state index in [0.29, 0.717) is 16.4 Å². The van der Waals surface area contributed by atoms with E-state index in [1.807, 2.05) is 0 Å². The van der Waals surface area contributed by atoms with Crippen molar-refractivity contribution in [1.82, 2.24) is 4.98 Å². The highest BCUT2D eigenvalue weighted by Crippen LogP contribution is 2.27. The molecule has 122 valence electrons. The Balaban J connectivity index is 1.73. The first kappa shape index (κ1) is 16.5. The van der Waals surface area contributed by atoms with Crippen molar-refractivity contribution >= 4 is 34.0 Å². The van der Waals surface area contributed by atoms with Crippen molar-refractivity contribution in [2.75, 3.05) is 5.32 Å². The molecule has 1 N–H and O–H groups in total. The number of aromatic nitrogens is 1. The van der Waals surface area contributed by atoms with E-state index < -0.39 is 11.7 Å². The van der Waals surface area contributed by atoms with Gasteiger partial charge in [-0.2, -0.15) is 0 Å². The van der Waals surface area contributed by atoms with Crippen molar-refractivity contribution in [2.45, 2.75) is 6.42 Å². The van der Waals surface area contributed by atoms with E-state index in [1.165, 1.54) is 24.3 Å². The summed E-state index contributed by atoms with van der Waals surface area (Å²) >= 11 is 7.07. The predicted octanol–water partition coefficient (Wildman–Crippen LogP) is 4.92. The highest BCUT2D eigenvalue weighted by atomic mass is 35.5. The van der Waals surface area contributed by atoms with Gasteiger partial charge in [-0.25, -0.2) is 13.8 Å². The van der Waals surface area contributed by atoms with Crippen LogP contribution in [-0.4, -0.2) is 10.9 Å². The number of anilines is 1. The summed E-state index contributed by atoms with van der Waals surface area (Å²) in [5, 5.41) is 4.72. The number of hydrogen-bond donors (Lipinski definition) is 1. The van der Waals surface area contributed by atoms with Crippen LogP contribution in [0, 0.1) is 11.6 Å². The number of benzene rings is 2. The summed E-state index contributed by atoms with van der Waals surface area (Å²) in [6.07, 6.45) is -0.208. The molecule has 0 radical (unpaired) electrons. The van der Waals surface area contributed by atoms with Crippen LogP contribution in [-0.2, 0) is 11.2 Å². The maximum absolute atomic E-state index is 13.7. The number of rotatable bonds is 4. The van der Waals surface area contributed by atoms with Gasteiger partial charge in [-0.15, -0.1) is 11.3 Å². The number of halogens is 3. The molecular formula is C17H11ClF2N2OS. The molecule has 1 aromatic heterocycles. The van der Waals surface area contributed by atoms with Gasteiger partial charge in [0.2, 0.25) is 5.91 Å². The Labute approximate surface area is 145 Å². The highest BCUT2D eigenvalue weighted by Gasteiger charge is 2.14. The summed E-state index contributed by atoms with van der Waals surface area (Å²) in [4.78, 5) is 16.2. The zero-order valence-electron chi connectivity index (χ0n) is 12.2. The number of hydrogen-bond acceptors (Lipinski definition) is 3. The van der Waals surface area contributed by atoms with Gasteiger partial charge in [0.15, 0.2) is 5.13 Å². The van der Waals surface area contributed by atoms with Crippen molar-refractivity contribution < 1.29 is 13.6 Å². The van der Waals surface area contributed by atoms with Gasteiger partial charge in [0.05, 0.1) is 12.1 Å². The second-order valence-electron chi connectivity index (χ2n) is 4.94. The van der Waals surface area contributed by atoms with Gasteiger partial charge < -0.3 is 5.32 Å². The van der Waals surface area contributed by atoms with Crippen molar-refractivity contribution in [3.05, 3.63) is 70.1 Å². The van der Waals surface area contributed by atoms with Crippen LogP contribution in [0.2, 0.25) is 5.02 Å². The van der Waals surface area contributed by atoms with E-state index in [2.05, 4.69) is 10.3 Å². The Kier molecular flexibility index (Phi) is 4.87. The van der Waals surface area contributed by atoms with Gasteiger partial charge in [-0.1, -0.05) is 29.8 Å². The standard InChI is InChI=1S/C17H11ClF2N2OS/c18-12-5-3-7-14(20)11(12)8-16(23)22-17-21-15(9-24-17)10-4-1-2-6-13(10)19/h1-7,9H,8H2,(H,21,22,23). The molecule has 0 saturated heterocycles. The molecular weight excluding hydrogens is 354 g/mol. The molecule has 0 fully saturated rings. The van der Waals surface area contributed by atoms with E-state index >= 15 is 0 Å². The lowest BCUT2D eigenvalue weighted by atomic mass is 10.1. The second kappa shape index (κ2) is 7.07. The number of carbonyl (C=O) groups excluding carboxylic acids is 1. The molecule has 0 aliphatic rings. The summed E-state index contributed by atoms with van der Waals surface area (Å²) in [5.74, 6) is -1.38. The minimum Gasteiger partial charge on any atom is -0.302 e. The second-order valence-corrected chi connectivity index (χ2v) is 6.21. The highest BCUT2D eigenvalue weighted by molar-refractivity contribution is 7.14. The largest absolute Gasteiger partial charge is 0.302 e. The van der Waals surface area contributed by atoms with Crippen LogP contribution in [0.15, 0.2) is 47.8 Å². The third kappa shape index (κ3) is 3.60. The van der Waals surface area contributed by atoms with Gasteiger partial charge >= 0.3 is 0 Å². The molecule has 3 nitrogen and oxygen atoms in total. The molecule has 3 rings (SSSR count). The van der Waals surface area contributed by atoms with E-state index in [4.69, 9.17) is 11.6 Å². The Morgan fingerprint density at radius 1 is 1.12 bits per heavy atom. The molecule has 0 unspecified atom stereocenters. The van der Waals surface area contributed by atoms with Crippen LogP contribution in [0.4, 0.5) is 13.9 Å². The third-order valence-corrected chi connectivity index (χ3v) is 4.41. The van der Waals surface area contributed by atoms with E-state index in [1.54, 1.807) is 23.6 Å². The summed E-state index contributed by atoms with van der Waals surface area (Å²) in [6, 6.07) is 10.5. The third-order valence-electron chi connectivity index (χ3n) is 3.30. The fourth-order valence-corrected chi connectivity index (χ4v) is 3.11. The smallest absolute Gasteiger partial charge is 0.230 e. The molecule has 3 aromatic rings. The molecule has 0 saturated carbocycles. The maximum Gasteiger partial charge on any atom is 0.230 e. The average Bonchev–Trinajstić information content (AvgIpc) is 3.00. The quantitative estimate of drug-likeness (QED) is 0.713. The monoisotopic (exact) mass is 364 g/mol. The van der Waals surface area contributed by atoms with Gasteiger partial charge in [-0.3, -0.25) is 4.79 Å². The minimum atomic E-state index is -0.538. The van der Waals surface area contributed by atoms with Crippen molar-refractivity contribution in [3.63, 3.8) is 0 Å². The number of thiazole rings is 1. The fraction of sp³-hybridized carbons (Fsp3) is 0.0588. The molecule has 7 heteroatoms. The van der Waals surface area contributed by atoms with Crippen LogP contribution < -0.4 is 5.32 Å². The van der Waals surface area contributed by atoms with Gasteiger partial charge in [0, 0.05) is 21.5 Å². The number of amides is 1. The van der Waals surface area contributed by atoms with E-state index in [0.717, 1.165) is 11.3 Å². The molecule has 24 heavy (non-hydrogen) atoms. The molecule has 0 spiro atoms. The minimum absolute atomic E-state index is 0.127. The van der Waals surface area contributed by atoms with Crippen LogP contribution in [0.25, 0.3) is 11.3 Å². The van der Waals surface area contributed by atoms with Crippen LogP contribution in [0.1, 0.15) is 5.56 Å². The Bertz CT molecular complexity index is 878. The molecule has 0 atom stereocenters. The SMILES string of the molecule is O=C(Cc1c(F)cccc1Cl)Nc1nc(-c2ccccc2F)cs1. The van der Waals surface area contributed by atoms with Gasteiger partial charge in [-0.05, 0) is 24.3 Å². The van der Waals surface area contributed by atoms with E-state index in [9.17, 15) is 13.6 Å². The molecule has 0 aliphatic heterocycles. The molecule has 1 heterocycles. The zero-order chi connectivity index (χ0) is 17.1. The first-order valence-corrected chi connectivity index (χ1v) is 8.23. The van der Waals surface area contributed by atoms with Gasteiger partial charge in [0.25, 0.3) is 0 Å². The summed E-state index contributed by atoms with van der Waals surface area (Å²) < 4.78 is 27.4. The molecule has 1 amide bonds. The average molecular weight is 365 g/mol. The number of nitrogens with one attached hydrogen (secondary N) is 1. The van der Waals surface area contributed by atoms with Crippen LogP contribution >= 0.6 is 22.9 Å². The number of carbonyl (C=O) groups is 1.